The lowest BCUT2D eigenvalue weighted by atomic mass is 10.1. The van der Waals surface area contributed by atoms with Crippen molar-refractivity contribution in [3.8, 4) is 0 Å². The molecule has 0 N–H and O–H groups in total. The number of aryl methyl sites for hydroxylation is 2. The predicted molar refractivity (Wildman–Crippen MR) is 97.6 cm³/mol. The largest absolute Gasteiger partial charge is 0.297 e. The van der Waals surface area contributed by atoms with Crippen LogP contribution in [0.15, 0.2) is 48.5 Å². The second-order valence-corrected chi connectivity index (χ2v) is 6.65. The van der Waals surface area contributed by atoms with Crippen LogP contribution >= 0.6 is 0 Å². The zero-order valence-corrected chi connectivity index (χ0v) is 14.5. The van der Waals surface area contributed by atoms with Gasteiger partial charge in [0.15, 0.2) is 0 Å². The Kier molecular flexibility index (Phi) is 5.47. The molecule has 1 aliphatic rings. The third-order valence-electron chi connectivity index (χ3n) is 4.96. The second-order valence-electron chi connectivity index (χ2n) is 6.65. The lowest BCUT2D eigenvalue weighted by Crippen LogP contribution is -2.45. The number of hydrogen-bond donors (Lipinski definition) is 0. The van der Waals surface area contributed by atoms with Crippen molar-refractivity contribution in [2.75, 3.05) is 26.2 Å². The third kappa shape index (κ3) is 4.43. The monoisotopic (exact) mass is 308 g/mol. The summed E-state index contributed by atoms with van der Waals surface area (Å²) in [5.74, 6) is 0. The van der Waals surface area contributed by atoms with Crippen LogP contribution in [0.3, 0.4) is 0 Å². The molecule has 1 saturated heterocycles. The van der Waals surface area contributed by atoms with E-state index >= 15 is 0 Å². The summed E-state index contributed by atoms with van der Waals surface area (Å²) in [6, 6.07) is 17.9. The molecule has 3 rings (SSSR count). The lowest BCUT2D eigenvalue weighted by Gasteiger charge is -2.35. The van der Waals surface area contributed by atoms with Crippen molar-refractivity contribution in [2.45, 2.75) is 33.4 Å². The van der Waals surface area contributed by atoms with Crippen LogP contribution in [0.5, 0.6) is 0 Å². The Balaban J connectivity index is 1.49. The number of piperazine rings is 1. The standard InChI is InChI=1S/C21H28N2/c1-3-19-8-10-20(11-9-19)16-22-12-14-23(15-13-22)17-21-7-5-4-6-18(21)2/h4-11H,3,12-17H2,1-2H3. The van der Waals surface area contributed by atoms with Crippen LogP contribution in [-0.4, -0.2) is 36.0 Å². The van der Waals surface area contributed by atoms with E-state index in [0.717, 1.165) is 19.5 Å². The SMILES string of the molecule is CCc1ccc(CN2CCN(Cc3ccccc3C)CC2)cc1. The van der Waals surface area contributed by atoms with Crippen LogP contribution in [0.4, 0.5) is 0 Å². The molecular weight excluding hydrogens is 280 g/mol. The number of benzene rings is 2. The fourth-order valence-electron chi connectivity index (χ4n) is 3.27. The Labute approximate surface area is 140 Å². The predicted octanol–water partition coefficient (Wildman–Crippen LogP) is 3.88. The molecule has 0 aromatic heterocycles. The van der Waals surface area contributed by atoms with E-state index in [9.17, 15) is 0 Å². The average Bonchev–Trinajstić information content (AvgIpc) is 2.59. The molecule has 0 unspecified atom stereocenters. The van der Waals surface area contributed by atoms with Gasteiger partial charge in [-0.3, -0.25) is 9.80 Å². The minimum Gasteiger partial charge on any atom is -0.297 e. The van der Waals surface area contributed by atoms with E-state index in [1.807, 2.05) is 0 Å². The molecule has 0 spiro atoms. The molecule has 0 saturated carbocycles. The van der Waals surface area contributed by atoms with E-state index in [4.69, 9.17) is 0 Å². The molecule has 2 aromatic rings. The maximum absolute atomic E-state index is 2.58. The minimum atomic E-state index is 1.09. The first-order valence-electron chi connectivity index (χ1n) is 8.81. The van der Waals surface area contributed by atoms with E-state index in [-0.39, 0.29) is 0 Å². The van der Waals surface area contributed by atoms with E-state index in [1.54, 1.807) is 0 Å². The van der Waals surface area contributed by atoms with Crippen LogP contribution in [0, 0.1) is 6.92 Å². The number of rotatable bonds is 5. The highest BCUT2D eigenvalue weighted by molar-refractivity contribution is 5.25. The summed E-state index contributed by atoms with van der Waals surface area (Å²) in [6.07, 6.45) is 1.12. The fourth-order valence-corrected chi connectivity index (χ4v) is 3.27. The zero-order chi connectivity index (χ0) is 16.1. The Bertz CT molecular complexity index is 610. The molecule has 1 aliphatic heterocycles. The number of nitrogens with zero attached hydrogens (tertiary/aromatic N) is 2. The van der Waals surface area contributed by atoms with E-state index in [0.29, 0.717) is 0 Å². The van der Waals surface area contributed by atoms with Crippen LogP contribution in [-0.2, 0) is 19.5 Å². The molecule has 0 aliphatic carbocycles. The maximum Gasteiger partial charge on any atom is 0.0237 e. The molecule has 23 heavy (non-hydrogen) atoms. The summed E-state index contributed by atoms with van der Waals surface area (Å²) >= 11 is 0. The van der Waals surface area contributed by atoms with Gasteiger partial charge in [0, 0.05) is 39.3 Å². The highest BCUT2D eigenvalue weighted by Crippen LogP contribution is 2.14. The third-order valence-corrected chi connectivity index (χ3v) is 4.96. The topological polar surface area (TPSA) is 6.48 Å². The average molecular weight is 308 g/mol. The molecule has 0 radical (unpaired) electrons. The van der Waals surface area contributed by atoms with Gasteiger partial charge in [0.25, 0.3) is 0 Å². The van der Waals surface area contributed by atoms with Crippen molar-refractivity contribution in [1.29, 1.82) is 0 Å². The second kappa shape index (κ2) is 7.76. The normalized spacial score (nSPS) is 16.6. The summed E-state index contributed by atoms with van der Waals surface area (Å²) < 4.78 is 0. The van der Waals surface area contributed by atoms with Crippen LogP contribution < -0.4 is 0 Å². The van der Waals surface area contributed by atoms with Gasteiger partial charge in [-0.1, -0.05) is 55.5 Å². The van der Waals surface area contributed by atoms with Gasteiger partial charge in [-0.05, 0) is 35.6 Å². The van der Waals surface area contributed by atoms with Gasteiger partial charge < -0.3 is 0 Å². The van der Waals surface area contributed by atoms with Gasteiger partial charge in [0.2, 0.25) is 0 Å². The van der Waals surface area contributed by atoms with E-state index in [2.05, 4.69) is 72.2 Å². The molecule has 1 heterocycles. The first-order chi connectivity index (χ1) is 11.2. The molecule has 0 bridgehead atoms. The molecule has 1 fully saturated rings. The minimum absolute atomic E-state index is 1.09. The van der Waals surface area contributed by atoms with Gasteiger partial charge in [0.05, 0.1) is 0 Å². The molecule has 0 amide bonds. The Morgan fingerprint density at radius 2 is 1.30 bits per heavy atom. The van der Waals surface area contributed by atoms with E-state index < -0.39 is 0 Å². The molecule has 0 atom stereocenters. The fraction of sp³-hybridized carbons (Fsp3) is 0.429. The highest BCUT2D eigenvalue weighted by Gasteiger charge is 2.17. The summed E-state index contributed by atoms with van der Waals surface area (Å²) in [4.78, 5) is 5.16. The molecule has 122 valence electrons. The molecule has 2 aromatic carbocycles. The van der Waals surface area contributed by atoms with Gasteiger partial charge in [-0.15, -0.1) is 0 Å². The quantitative estimate of drug-likeness (QED) is 0.827. The first kappa shape index (κ1) is 16.2. The highest BCUT2D eigenvalue weighted by atomic mass is 15.3. The Morgan fingerprint density at radius 3 is 1.91 bits per heavy atom. The van der Waals surface area contributed by atoms with Crippen LogP contribution in [0.25, 0.3) is 0 Å². The van der Waals surface area contributed by atoms with Crippen LogP contribution in [0.2, 0.25) is 0 Å². The van der Waals surface area contributed by atoms with Crippen molar-refractivity contribution in [3.05, 3.63) is 70.8 Å². The van der Waals surface area contributed by atoms with Crippen molar-refractivity contribution < 1.29 is 0 Å². The summed E-state index contributed by atoms with van der Waals surface area (Å²) in [6.45, 7) is 11.3. The Hall–Kier alpha value is -1.64. The van der Waals surface area contributed by atoms with Crippen molar-refractivity contribution in [3.63, 3.8) is 0 Å². The summed E-state index contributed by atoms with van der Waals surface area (Å²) in [5.41, 5.74) is 5.74. The maximum atomic E-state index is 2.58. The van der Waals surface area contributed by atoms with Gasteiger partial charge in [-0.25, -0.2) is 0 Å². The summed E-state index contributed by atoms with van der Waals surface area (Å²) in [7, 11) is 0. The van der Waals surface area contributed by atoms with Gasteiger partial charge >= 0.3 is 0 Å². The summed E-state index contributed by atoms with van der Waals surface area (Å²) in [5, 5.41) is 0. The molecule has 2 heteroatoms. The first-order valence-corrected chi connectivity index (χ1v) is 8.81. The van der Waals surface area contributed by atoms with Gasteiger partial charge in [0.1, 0.15) is 0 Å². The van der Waals surface area contributed by atoms with Gasteiger partial charge in [-0.2, -0.15) is 0 Å². The zero-order valence-electron chi connectivity index (χ0n) is 14.5. The van der Waals surface area contributed by atoms with Crippen molar-refractivity contribution in [1.82, 2.24) is 9.80 Å². The number of hydrogen-bond acceptors (Lipinski definition) is 2. The van der Waals surface area contributed by atoms with E-state index in [1.165, 1.54) is 48.4 Å². The Morgan fingerprint density at radius 1 is 0.739 bits per heavy atom. The van der Waals surface area contributed by atoms with Crippen molar-refractivity contribution >= 4 is 0 Å². The molecular formula is C21H28N2. The van der Waals surface area contributed by atoms with Crippen molar-refractivity contribution in [2.24, 2.45) is 0 Å². The molecule has 2 nitrogen and oxygen atoms in total. The smallest absolute Gasteiger partial charge is 0.0237 e. The lowest BCUT2D eigenvalue weighted by molar-refractivity contribution is 0.122. The van der Waals surface area contributed by atoms with Crippen LogP contribution in [0.1, 0.15) is 29.2 Å².